The van der Waals surface area contributed by atoms with Gasteiger partial charge in [0.15, 0.2) is 0 Å². The van der Waals surface area contributed by atoms with E-state index in [4.69, 9.17) is 0 Å². The summed E-state index contributed by atoms with van der Waals surface area (Å²) in [5, 5.41) is 20.0. The highest BCUT2D eigenvalue weighted by atomic mass is 35.5. The van der Waals surface area contributed by atoms with E-state index >= 15 is 0 Å². The van der Waals surface area contributed by atoms with E-state index in [-0.39, 0.29) is 30.6 Å². The summed E-state index contributed by atoms with van der Waals surface area (Å²) < 4.78 is 1.39. The molecule has 4 rings (SSSR count). The van der Waals surface area contributed by atoms with Gasteiger partial charge in [0.25, 0.3) is 5.56 Å². The lowest BCUT2D eigenvalue weighted by Crippen LogP contribution is -2.47. The van der Waals surface area contributed by atoms with Crippen LogP contribution in [0.4, 0.5) is 0 Å². The minimum atomic E-state index is -0.681. The summed E-state index contributed by atoms with van der Waals surface area (Å²) in [7, 11) is 0. The molecule has 0 fully saturated rings. The molecule has 0 saturated carbocycles. The van der Waals surface area contributed by atoms with Gasteiger partial charge in [0.2, 0.25) is 0 Å². The Balaban J connectivity index is 0.00000196. The van der Waals surface area contributed by atoms with E-state index in [1.54, 1.807) is 0 Å². The van der Waals surface area contributed by atoms with Gasteiger partial charge in [0.1, 0.15) is 0 Å². The number of aliphatic hydroxyl groups is 1. The lowest BCUT2D eigenvalue weighted by Gasteiger charge is -2.30. The number of nitrogens with zero attached hydrogens (tertiary/aromatic N) is 2. The van der Waals surface area contributed by atoms with E-state index in [9.17, 15) is 9.90 Å². The van der Waals surface area contributed by atoms with Crippen LogP contribution in [0.2, 0.25) is 0 Å². The maximum absolute atomic E-state index is 12.7. The average molecular weight is 372 g/mol. The molecule has 6 heteroatoms. The Labute approximate surface area is 158 Å². The molecule has 0 bridgehead atoms. The summed E-state index contributed by atoms with van der Waals surface area (Å²) >= 11 is 0. The Morgan fingerprint density at radius 3 is 2.58 bits per heavy atom. The van der Waals surface area contributed by atoms with Gasteiger partial charge in [-0.1, -0.05) is 42.5 Å². The van der Waals surface area contributed by atoms with Crippen LogP contribution in [-0.2, 0) is 19.5 Å². The van der Waals surface area contributed by atoms with Crippen molar-refractivity contribution in [1.82, 2.24) is 15.1 Å². The molecule has 1 aromatic heterocycles. The number of benzene rings is 2. The number of aromatic nitrogens is 2. The summed E-state index contributed by atoms with van der Waals surface area (Å²) in [6, 6.07) is 15.6. The van der Waals surface area contributed by atoms with E-state index < -0.39 is 6.10 Å². The third kappa shape index (κ3) is 3.38. The van der Waals surface area contributed by atoms with E-state index in [0.29, 0.717) is 5.39 Å². The summed E-state index contributed by atoms with van der Waals surface area (Å²) in [6.07, 6.45) is 0.0673. The molecule has 0 saturated heterocycles. The maximum atomic E-state index is 12.7. The lowest BCUT2D eigenvalue weighted by molar-refractivity contribution is 0.0997. The summed E-state index contributed by atoms with van der Waals surface area (Å²) in [6.45, 7) is 2.81. The fourth-order valence-electron chi connectivity index (χ4n) is 3.58. The number of nitrogens with one attached hydrogen (secondary N) is 1. The van der Waals surface area contributed by atoms with Crippen LogP contribution in [0.1, 0.15) is 16.8 Å². The van der Waals surface area contributed by atoms with Crippen molar-refractivity contribution in [3.05, 3.63) is 75.7 Å². The second-order valence-electron chi connectivity index (χ2n) is 6.65. The normalized spacial score (nSPS) is 17.4. The van der Waals surface area contributed by atoms with E-state index in [1.165, 1.54) is 15.8 Å². The number of halogens is 1. The van der Waals surface area contributed by atoms with Gasteiger partial charge in [-0.25, -0.2) is 4.68 Å². The molecule has 3 aromatic rings. The Morgan fingerprint density at radius 2 is 1.81 bits per heavy atom. The second-order valence-corrected chi connectivity index (χ2v) is 6.65. The maximum Gasteiger partial charge on any atom is 0.274 e. The van der Waals surface area contributed by atoms with Crippen LogP contribution in [0.15, 0.2) is 53.3 Å². The molecule has 2 aromatic carbocycles. The molecule has 26 heavy (non-hydrogen) atoms. The van der Waals surface area contributed by atoms with Crippen LogP contribution >= 0.6 is 12.4 Å². The van der Waals surface area contributed by atoms with Crippen LogP contribution in [0.5, 0.6) is 0 Å². The van der Waals surface area contributed by atoms with Crippen molar-refractivity contribution in [1.29, 1.82) is 0 Å². The molecule has 2 N–H and O–H groups in total. The number of fused-ring (bicyclic) bond motifs is 2. The predicted octanol–water partition coefficient (Wildman–Crippen LogP) is 2.20. The Hall–Kier alpha value is -2.21. The zero-order valence-corrected chi connectivity index (χ0v) is 15.4. The zero-order valence-electron chi connectivity index (χ0n) is 14.6. The van der Waals surface area contributed by atoms with Crippen LogP contribution in [0, 0.1) is 6.92 Å². The van der Waals surface area contributed by atoms with Crippen molar-refractivity contribution in [3.63, 3.8) is 0 Å². The number of aryl methyl sites for hydroxylation is 1. The third-order valence-electron chi connectivity index (χ3n) is 4.99. The monoisotopic (exact) mass is 371 g/mol. The van der Waals surface area contributed by atoms with Gasteiger partial charge in [-0.05, 0) is 30.5 Å². The first kappa shape index (κ1) is 18.6. The highest BCUT2D eigenvalue weighted by Gasteiger charge is 2.25. The standard InChI is InChI=1S/C20H21N3O2.ClH/c1-13-16-8-4-5-9-17(16)20(25)23(22-13)12-19(24)18-10-14-6-2-3-7-15(14)11-21-18;/h2-9,18-19,21,24H,10-12H2,1H3;1H/t18-,19?;/m0./s1. The van der Waals surface area contributed by atoms with E-state index in [0.717, 1.165) is 24.0 Å². The highest BCUT2D eigenvalue weighted by molar-refractivity contribution is 5.85. The summed E-state index contributed by atoms with van der Waals surface area (Å²) in [4.78, 5) is 12.7. The quantitative estimate of drug-likeness (QED) is 0.740. The molecule has 1 unspecified atom stereocenters. The van der Waals surface area contributed by atoms with Crippen molar-refractivity contribution >= 4 is 23.2 Å². The fraction of sp³-hybridized carbons (Fsp3) is 0.300. The van der Waals surface area contributed by atoms with Crippen molar-refractivity contribution in [2.24, 2.45) is 0 Å². The summed E-state index contributed by atoms with van der Waals surface area (Å²) in [5.41, 5.74) is 3.16. The van der Waals surface area contributed by atoms with Crippen molar-refractivity contribution in [3.8, 4) is 0 Å². The molecule has 0 aliphatic carbocycles. The van der Waals surface area contributed by atoms with Gasteiger partial charge in [-0.2, -0.15) is 5.10 Å². The van der Waals surface area contributed by atoms with Crippen molar-refractivity contribution < 1.29 is 5.11 Å². The van der Waals surface area contributed by atoms with Crippen LogP contribution in [-0.4, -0.2) is 27.0 Å². The highest BCUT2D eigenvalue weighted by Crippen LogP contribution is 2.18. The van der Waals surface area contributed by atoms with E-state index in [2.05, 4.69) is 22.5 Å². The third-order valence-corrected chi connectivity index (χ3v) is 4.99. The van der Waals surface area contributed by atoms with Crippen LogP contribution in [0.3, 0.4) is 0 Å². The predicted molar refractivity (Wildman–Crippen MR) is 105 cm³/mol. The number of hydrogen-bond acceptors (Lipinski definition) is 4. The smallest absolute Gasteiger partial charge is 0.274 e. The number of rotatable bonds is 3. The molecule has 0 spiro atoms. The summed E-state index contributed by atoms with van der Waals surface area (Å²) in [5.74, 6) is 0. The van der Waals surface area contributed by atoms with Gasteiger partial charge < -0.3 is 10.4 Å². The first-order valence-electron chi connectivity index (χ1n) is 8.58. The van der Waals surface area contributed by atoms with Gasteiger partial charge in [0.05, 0.1) is 23.7 Å². The van der Waals surface area contributed by atoms with E-state index in [1.807, 2.05) is 43.3 Å². The molecule has 1 aliphatic heterocycles. The second kappa shape index (κ2) is 7.58. The first-order chi connectivity index (χ1) is 12.1. The topological polar surface area (TPSA) is 67.2 Å². The molecular weight excluding hydrogens is 350 g/mol. The van der Waals surface area contributed by atoms with Crippen molar-refractivity contribution in [2.45, 2.75) is 38.6 Å². The van der Waals surface area contributed by atoms with Crippen LogP contribution in [0.25, 0.3) is 10.8 Å². The fourth-order valence-corrected chi connectivity index (χ4v) is 3.58. The first-order valence-corrected chi connectivity index (χ1v) is 8.58. The molecule has 2 atom stereocenters. The molecule has 2 heterocycles. The minimum Gasteiger partial charge on any atom is -0.390 e. The zero-order chi connectivity index (χ0) is 17.4. The van der Waals surface area contributed by atoms with Gasteiger partial charge in [0, 0.05) is 18.0 Å². The molecule has 5 nitrogen and oxygen atoms in total. The Bertz CT molecular complexity index is 986. The molecule has 0 amide bonds. The Kier molecular flexibility index (Phi) is 5.41. The van der Waals surface area contributed by atoms with Gasteiger partial charge >= 0.3 is 0 Å². The minimum absolute atomic E-state index is 0. The number of aliphatic hydroxyl groups excluding tert-OH is 1. The largest absolute Gasteiger partial charge is 0.390 e. The van der Waals surface area contributed by atoms with Crippen molar-refractivity contribution in [2.75, 3.05) is 0 Å². The van der Waals surface area contributed by atoms with Gasteiger partial charge in [-0.15, -0.1) is 12.4 Å². The number of hydrogen-bond donors (Lipinski definition) is 2. The average Bonchev–Trinajstić information content (AvgIpc) is 2.65. The Morgan fingerprint density at radius 1 is 1.15 bits per heavy atom. The molecular formula is C20H22ClN3O2. The molecule has 136 valence electrons. The molecule has 1 aliphatic rings. The molecule has 0 radical (unpaired) electrons. The SMILES string of the molecule is Cc1nn(CC(O)[C@@H]2Cc3ccccc3CN2)c(=O)c2ccccc12.Cl. The van der Waals surface area contributed by atoms with Gasteiger partial charge in [-0.3, -0.25) is 4.79 Å². The lowest BCUT2D eigenvalue weighted by atomic mass is 9.93. The van der Waals surface area contributed by atoms with Crippen LogP contribution < -0.4 is 10.9 Å².